The third kappa shape index (κ3) is 7.82. The van der Waals surface area contributed by atoms with Gasteiger partial charge in [-0.05, 0) is 63.4 Å². The highest BCUT2D eigenvalue weighted by molar-refractivity contribution is 6.05. The van der Waals surface area contributed by atoms with Crippen LogP contribution in [0.15, 0.2) is 36.7 Å². The zero-order chi connectivity index (χ0) is 32.2. The van der Waals surface area contributed by atoms with Crippen molar-refractivity contribution in [3.63, 3.8) is 0 Å². The van der Waals surface area contributed by atoms with E-state index >= 15 is 0 Å². The second-order valence-electron chi connectivity index (χ2n) is 12.0. The molecule has 9 nitrogen and oxygen atoms in total. The number of amides is 2. The lowest BCUT2D eigenvalue weighted by Gasteiger charge is -2.44. The largest absolute Gasteiger partial charge is 0.495 e. The SMILES string of the molecule is CNC(=O)c1ccc(OC)c(NCC#Cc2cc(C(=O)N[C@@H]3CCN(C(C)(C)C)C[C@@H]3C)c3ncn(CC(F)(F)F)c3c2)c1. The Balaban J connectivity index is 1.60. The molecule has 1 aliphatic heterocycles. The van der Waals surface area contributed by atoms with E-state index in [4.69, 9.17) is 4.74 Å². The summed E-state index contributed by atoms with van der Waals surface area (Å²) in [5.74, 6) is 5.95. The minimum Gasteiger partial charge on any atom is -0.495 e. The fourth-order valence-electron chi connectivity index (χ4n) is 5.36. The number of hydrogen-bond donors (Lipinski definition) is 3. The first-order valence-corrected chi connectivity index (χ1v) is 14.4. The zero-order valence-electron chi connectivity index (χ0n) is 25.9. The number of hydrogen-bond acceptors (Lipinski definition) is 6. The van der Waals surface area contributed by atoms with Crippen molar-refractivity contribution in [2.24, 2.45) is 5.92 Å². The monoisotopic (exact) mass is 612 g/mol. The standard InChI is InChI=1S/C32H39F3N6O3/c1-20-17-41(31(2,3)4)13-11-24(20)39-30(43)23-14-21(15-26-28(23)38-19-40(26)18-32(33,34)35)8-7-12-37-25-16-22(29(42)36-5)9-10-27(25)44-6/h9-10,14-16,19-20,24,37H,11-13,17-18H2,1-6H3,(H,36,42)(H,39,43)/t20-,24+/m0/s1. The van der Waals surface area contributed by atoms with Crippen LogP contribution in [-0.4, -0.2) is 77.8 Å². The third-order valence-corrected chi connectivity index (χ3v) is 7.78. The molecule has 1 fully saturated rings. The van der Waals surface area contributed by atoms with E-state index < -0.39 is 18.6 Å². The van der Waals surface area contributed by atoms with Gasteiger partial charge in [-0.25, -0.2) is 4.98 Å². The predicted octanol–water partition coefficient (Wildman–Crippen LogP) is 4.67. The van der Waals surface area contributed by atoms with Crippen LogP contribution >= 0.6 is 0 Å². The maximum absolute atomic E-state index is 13.6. The normalized spacial score (nSPS) is 17.5. The second kappa shape index (κ2) is 13.2. The van der Waals surface area contributed by atoms with Gasteiger partial charge in [0.05, 0.1) is 36.7 Å². The zero-order valence-corrected chi connectivity index (χ0v) is 25.9. The van der Waals surface area contributed by atoms with Crippen LogP contribution in [0.1, 0.15) is 60.4 Å². The molecule has 1 aliphatic rings. The van der Waals surface area contributed by atoms with E-state index in [0.29, 0.717) is 22.6 Å². The molecule has 2 atom stereocenters. The highest BCUT2D eigenvalue weighted by Crippen LogP contribution is 2.28. The van der Waals surface area contributed by atoms with Gasteiger partial charge >= 0.3 is 6.18 Å². The molecule has 1 aromatic heterocycles. The Labute approximate surface area is 255 Å². The summed E-state index contributed by atoms with van der Waals surface area (Å²) in [7, 11) is 3.04. The van der Waals surface area contributed by atoms with Gasteiger partial charge in [0.25, 0.3) is 11.8 Å². The highest BCUT2D eigenvalue weighted by Gasteiger charge is 2.33. The summed E-state index contributed by atoms with van der Waals surface area (Å²) >= 11 is 0. The molecule has 44 heavy (non-hydrogen) atoms. The van der Waals surface area contributed by atoms with Crippen molar-refractivity contribution >= 4 is 28.5 Å². The van der Waals surface area contributed by atoms with Crippen molar-refractivity contribution in [1.82, 2.24) is 25.1 Å². The number of fused-ring (bicyclic) bond motifs is 1. The Bertz CT molecular complexity index is 1580. The number of imidazole rings is 1. The maximum Gasteiger partial charge on any atom is 0.406 e. The fourth-order valence-corrected chi connectivity index (χ4v) is 5.36. The van der Waals surface area contributed by atoms with E-state index in [1.165, 1.54) is 20.2 Å². The molecule has 2 aromatic carbocycles. The topological polar surface area (TPSA) is 101 Å². The van der Waals surface area contributed by atoms with Crippen LogP contribution in [0.5, 0.6) is 5.75 Å². The molecule has 0 aliphatic carbocycles. The number of anilines is 1. The van der Waals surface area contributed by atoms with Crippen LogP contribution in [0.25, 0.3) is 11.0 Å². The van der Waals surface area contributed by atoms with E-state index in [9.17, 15) is 22.8 Å². The Morgan fingerprint density at radius 2 is 1.89 bits per heavy atom. The maximum atomic E-state index is 13.6. The number of alkyl halides is 3. The first-order valence-electron chi connectivity index (χ1n) is 14.4. The molecule has 12 heteroatoms. The Hall–Kier alpha value is -4.24. The summed E-state index contributed by atoms with van der Waals surface area (Å²) in [6, 6.07) is 7.92. The van der Waals surface area contributed by atoms with Crippen molar-refractivity contribution < 1.29 is 27.5 Å². The molecule has 0 bridgehead atoms. The number of nitrogens with zero attached hydrogens (tertiary/aromatic N) is 3. The molecular weight excluding hydrogens is 573 g/mol. The van der Waals surface area contributed by atoms with Gasteiger partial charge in [-0.15, -0.1) is 0 Å². The van der Waals surface area contributed by atoms with Crippen LogP contribution in [0.2, 0.25) is 0 Å². The lowest BCUT2D eigenvalue weighted by molar-refractivity contribution is -0.139. The van der Waals surface area contributed by atoms with E-state index in [-0.39, 0.29) is 46.5 Å². The van der Waals surface area contributed by atoms with E-state index in [1.54, 1.807) is 24.3 Å². The molecule has 0 saturated carbocycles. The molecular formula is C32H39F3N6O3. The molecule has 0 radical (unpaired) electrons. The molecule has 0 unspecified atom stereocenters. The first kappa shape index (κ1) is 32.7. The van der Waals surface area contributed by atoms with Gasteiger partial charge in [-0.1, -0.05) is 18.8 Å². The van der Waals surface area contributed by atoms with E-state index in [0.717, 1.165) is 30.4 Å². The van der Waals surface area contributed by atoms with Gasteiger partial charge in [0.2, 0.25) is 0 Å². The quantitative estimate of drug-likeness (QED) is 0.336. The van der Waals surface area contributed by atoms with Gasteiger partial charge in [0, 0.05) is 42.8 Å². The average Bonchev–Trinajstić information content (AvgIpc) is 3.35. The third-order valence-electron chi connectivity index (χ3n) is 7.78. The molecule has 236 valence electrons. The number of piperidine rings is 1. The molecule has 0 spiro atoms. The summed E-state index contributed by atoms with van der Waals surface area (Å²) in [5, 5.41) is 8.79. The predicted molar refractivity (Wildman–Crippen MR) is 164 cm³/mol. The van der Waals surface area contributed by atoms with E-state index in [2.05, 4.69) is 65.4 Å². The van der Waals surface area contributed by atoms with E-state index in [1.807, 2.05) is 0 Å². The number of ether oxygens (including phenoxy) is 1. The number of aromatic nitrogens is 2. The second-order valence-corrected chi connectivity index (χ2v) is 12.0. The minimum atomic E-state index is -4.47. The highest BCUT2D eigenvalue weighted by atomic mass is 19.4. The van der Waals surface area contributed by atoms with Gasteiger partial charge in [0.15, 0.2) is 0 Å². The Morgan fingerprint density at radius 1 is 1.14 bits per heavy atom. The molecule has 1 saturated heterocycles. The van der Waals surface area contributed by atoms with Crippen molar-refractivity contribution in [1.29, 1.82) is 0 Å². The van der Waals surface area contributed by atoms with Crippen molar-refractivity contribution in [2.75, 3.05) is 39.1 Å². The smallest absolute Gasteiger partial charge is 0.406 e. The molecule has 4 rings (SSSR count). The van der Waals surface area contributed by atoms with Gasteiger partial charge in [-0.3, -0.25) is 14.5 Å². The number of likely N-dealkylation sites (tertiary alicyclic amines) is 1. The summed E-state index contributed by atoms with van der Waals surface area (Å²) in [4.78, 5) is 32.2. The number of carbonyl (C=O) groups excluding carboxylic acids is 2. The number of nitrogens with one attached hydrogen (secondary N) is 3. The fraction of sp³-hybridized carbons (Fsp3) is 0.469. The number of halogens is 3. The number of rotatable bonds is 7. The Morgan fingerprint density at radius 3 is 2.52 bits per heavy atom. The molecule has 3 aromatic rings. The van der Waals surface area contributed by atoms with Crippen molar-refractivity contribution in [3.05, 3.63) is 53.3 Å². The lowest BCUT2D eigenvalue weighted by atomic mass is 9.90. The minimum absolute atomic E-state index is 0.0145. The van der Waals surface area contributed by atoms with Crippen LogP contribution in [-0.2, 0) is 6.54 Å². The summed E-state index contributed by atoms with van der Waals surface area (Å²) in [6.45, 7) is 9.10. The van der Waals surface area contributed by atoms with Gasteiger partial charge in [0.1, 0.15) is 17.8 Å². The molecule has 3 N–H and O–H groups in total. The number of carbonyl (C=O) groups is 2. The Kier molecular flexibility index (Phi) is 9.78. The number of benzene rings is 2. The summed E-state index contributed by atoms with van der Waals surface area (Å²) in [5.41, 5.74) is 1.89. The summed E-state index contributed by atoms with van der Waals surface area (Å²) < 4.78 is 46.4. The number of methoxy groups -OCH3 is 1. The van der Waals surface area contributed by atoms with Crippen LogP contribution in [0.4, 0.5) is 18.9 Å². The lowest BCUT2D eigenvalue weighted by Crippen LogP contribution is -2.54. The van der Waals surface area contributed by atoms with Gasteiger partial charge < -0.3 is 25.3 Å². The van der Waals surface area contributed by atoms with Gasteiger partial charge in [-0.2, -0.15) is 13.2 Å². The van der Waals surface area contributed by atoms with Crippen molar-refractivity contribution in [2.45, 2.75) is 58.4 Å². The molecule has 2 amide bonds. The first-order chi connectivity index (χ1) is 20.7. The summed E-state index contributed by atoms with van der Waals surface area (Å²) in [6.07, 6.45) is -2.62. The van der Waals surface area contributed by atoms with Crippen molar-refractivity contribution in [3.8, 4) is 17.6 Å². The van der Waals surface area contributed by atoms with Crippen LogP contribution in [0.3, 0.4) is 0 Å². The average molecular weight is 613 g/mol. The van der Waals surface area contributed by atoms with Crippen LogP contribution in [0, 0.1) is 17.8 Å². The molecule has 2 heterocycles. The van der Waals surface area contributed by atoms with Crippen LogP contribution < -0.4 is 20.7 Å².